The number of hydrogen-bond acceptors (Lipinski definition) is 6. The van der Waals surface area contributed by atoms with E-state index in [1.807, 2.05) is 12.1 Å². The third-order valence-electron chi connectivity index (χ3n) is 5.34. The van der Waals surface area contributed by atoms with E-state index in [-0.39, 0.29) is 23.9 Å². The summed E-state index contributed by atoms with van der Waals surface area (Å²) in [4.78, 5) is 32.1. The van der Waals surface area contributed by atoms with Gasteiger partial charge in [-0.2, -0.15) is 0 Å². The van der Waals surface area contributed by atoms with E-state index in [0.29, 0.717) is 16.2 Å². The Kier molecular flexibility index (Phi) is 8.59. The fourth-order valence-corrected chi connectivity index (χ4v) is 3.04. The summed E-state index contributed by atoms with van der Waals surface area (Å²) in [5.41, 5.74) is 7.10. The number of aromatic hydroxyl groups is 1. The molecule has 2 rings (SSSR count). The Bertz CT molecular complexity index is 1100. The van der Waals surface area contributed by atoms with Gasteiger partial charge in [-0.3, -0.25) is 14.6 Å². The number of pyridine rings is 1. The number of amides is 1. The van der Waals surface area contributed by atoms with Crippen LogP contribution >= 0.6 is 11.6 Å². The van der Waals surface area contributed by atoms with Crippen molar-refractivity contribution in [3.8, 4) is 5.75 Å². The number of nitrogens with one attached hydrogen (secondary N) is 1. The van der Waals surface area contributed by atoms with Gasteiger partial charge in [0.2, 0.25) is 0 Å². The first-order chi connectivity index (χ1) is 15.5. The molecule has 0 fully saturated rings. The highest BCUT2D eigenvalue weighted by molar-refractivity contribution is 6.30. The lowest BCUT2D eigenvalue weighted by Gasteiger charge is -2.19. The average Bonchev–Trinajstić information content (AvgIpc) is 2.78. The van der Waals surface area contributed by atoms with Gasteiger partial charge in [0, 0.05) is 41.3 Å². The Balaban J connectivity index is 2.25. The maximum Gasteiger partial charge on any atom is 0.310 e. The number of nitrogens with two attached hydrogens (primary N) is 1. The number of aliphatic imine (C=N–C) groups is 1. The van der Waals surface area contributed by atoms with Crippen LogP contribution in [0, 0.1) is 5.41 Å². The van der Waals surface area contributed by atoms with E-state index in [2.05, 4.69) is 29.1 Å². The highest BCUT2D eigenvalue weighted by Crippen LogP contribution is 2.32. The van der Waals surface area contributed by atoms with Crippen LogP contribution in [0.3, 0.4) is 0 Å². The van der Waals surface area contributed by atoms with E-state index >= 15 is 0 Å². The van der Waals surface area contributed by atoms with Gasteiger partial charge in [0.05, 0.1) is 11.1 Å². The zero-order chi connectivity index (χ0) is 24.8. The van der Waals surface area contributed by atoms with E-state index in [9.17, 15) is 14.7 Å². The number of aromatic nitrogens is 1. The standard InChI is InChI=1S/C24H29ClN4O4/c1-5-14(2)18-9-17(25)6-7-19(18)27-12-16(10-26)15-8-20(30)21(28-11-15)22(31)29-13-24(3,4)23(32)33/h6-12,14,30H,5,13,26H2,1-4H3,(H,29,31)(H,32,33). The third-order valence-corrected chi connectivity index (χ3v) is 5.58. The molecule has 0 saturated heterocycles. The van der Waals surface area contributed by atoms with Gasteiger partial charge in [-0.05, 0) is 56.0 Å². The molecule has 0 saturated carbocycles. The Morgan fingerprint density at radius 1 is 1.33 bits per heavy atom. The van der Waals surface area contributed by atoms with Crippen molar-refractivity contribution in [2.75, 3.05) is 6.54 Å². The SMILES string of the molecule is CCC(C)c1cc(Cl)ccc1N=CC(=CN)c1cnc(C(=O)NCC(C)(C)C(=O)O)c(O)c1. The molecule has 9 heteroatoms. The molecule has 2 aromatic rings. The molecule has 176 valence electrons. The molecule has 1 aromatic heterocycles. The molecule has 1 aromatic carbocycles. The van der Waals surface area contributed by atoms with Crippen molar-refractivity contribution in [3.05, 3.63) is 58.5 Å². The summed E-state index contributed by atoms with van der Waals surface area (Å²) in [6, 6.07) is 6.84. The second kappa shape index (κ2) is 11.0. The fraction of sp³-hybridized carbons (Fsp3) is 0.333. The number of rotatable bonds is 9. The molecule has 1 atom stereocenters. The van der Waals surface area contributed by atoms with Crippen LogP contribution in [0.15, 0.2) is 41.7 Å². The second-order valence-electron chi connectivity index (χ2n) is 8.36. The summed E-state index contributed by atoms with van der Waals surface area (Å²) < 4.78 is 0. The number of hydrogen-bond donors (Lipinski definition) is 4. The molecule has 0 spiro atoms. The molecular formula is C24H29ClN4O4. The summed E-state index contributed by atoms with van der Waals surface area (Å²) in [7, 11) is 0. The van der Waals surface area contributed by atoms with Crippen LogP contribution in [0.4, 0.5) is 5.69 Å². The van der Waals surface area contributed by atoms with E-state index in [4.69, 9.17) is 22.4 Å². The molecule has 1 amide bonds. The van der Waals surface area contributed by atoms with Crippen LogP contribution in [0.25, 0.3) is 5.57 Å². The van der Waals surface area contributed by atoms with Crippen molar-refractivity contribution in [2.24, 2.45) is 16.1 Å². The van der Waals surface area contributed by atoms with Crippen molar-refractivity contribution >= 4 is 41.0 Å². The molecule has 5 N–H and O–H groups in total. The highest BCUT2D eigenvalue weighted by atomic mass is 35.5. The molecule has 0 aliphatic carbocycles. The first-order valence-electron chi connectivity index (χ1n) is 10.5. The van der Waals surface area contributed by atoms with Gasteiger partial charge >= 0.3 is 5.97 Å². The van der Waals surface area contributed by atoms with Crippen molar-refractivity contribution in [2.45, 2.75) is 40.0 Å². The van der Waals surface area contributed by atoms with Gasteiger partial charge in [0.1, 0.15) is 5.75 Å². The van der Waals surface area contributed by atoms with Crippen molar-refractivity contribution in [1.29, 1.82) is 0 Å². The van der Waals surface area contributed by atoms with Crippen molar-refractivity contribution in [3.63, 3.8) is 0 Å². The largest absolute Gasteiger partial charge is 0.505 e. The number of carbonyl (C=O) groups excluding carboxylic acids is 1. The van der Waals surface area contributed by atoms with Crippen molar-refractivity contribution < 1.29 is 19.8 Å². The maximum atomic E-state index is 12.4. The minimum Gasteiger partial charge on any atom is -0.505 e. The summed E-state index contributed by atoms with van der Waals surface area (Å²) >= 11 is 6.14. The number of carboxylic acids is 1. The predicted octanol–water partition coefficient (Wildman–Crippen LogP) is 4.50. The van der Waals surface area contributed by atoms with Crippen LogP contribution < -0.4 is 11.1 Å². The third kappa shape index (κ3) is 6.55. The van der Waals surface area contributed by atoms with Crippen LogP contribution in [-0.4, -0.2) is 39.8 Å². The fourth-order valence-electron chi connectivity index (χ4n) is 2.86. The van der Waals surface area contributed by atoms with E-state index in [1.54, 1.807) is 12.3 Å². The topological polar surface area (TPSA) is 138 Å². The molecule has 0 bridgehead atoms. The minimum atomic E-state index is -1.16. The number of halogens is 1. The Hall–Kier alpha value is -3.39. The first-order valence-corrected chi connectivity index (χ1v) is 10.8. The molecule has 33 heavy (non-hydrogen) atoms. The molecule has 1 heterocycles. The summed E-state index contributed by atoms with van der Waals surface area (Å²) in [5, 5.41) is 22.6. The molecule has 0 aliphatic heterocycles. The van der Waals surface area contributed by atoms with Gasteiger partial charge < -0.3 is 21.3 Å². The average molecular weight is 473 g/mol. The maximum absolute atomic E-state index is 12.4. The van der Waals surface area contributed by atoms with Gasteiger partial charge in [0.25, 0.3) is 5.91 Å². The highest BCUT2D eigenvalue weighted by Gasteiger charge is 2.28. The zero-order valence-corrected chi connectivity index (χ0v) is 19.8. The number of carboxylic acid groups (broad SMARTS) is 1. The van der Waals surface area contributed by atoms with Gasteiger partial charge in [0.15, 0.2) is 5.69 Å². The minimum absolute atomic E-state index is 0.121. The van der Waals surface area contributed by atoms with E-state index in [0.717, 1.165) is 17.7 Å². The quantitative estimate of drug-likeness (QED) is 0.396. The molecule has 0 aliphatic rings. The second-order valence-corrected chi connectivity index (χ2v) is 8.79. The Morgan fingerprint density at radius 2 is 2.03 bits per heavy atom. The number of benzene rings is 1. The zero-order valence-electron chi connectivity index (χ0n) is 19.1. The summed E-state index contributed by atoms with van der Waals surface area (Å²) in [5.74, 6) is -1.84. The van der Waals surface area contributed by atoms with Crippen LogP contribution in [0.2, 0.25) is 5.02 Å². The Labute approximate surface area is 198 Å². The number of carbonyl (C=O) groups is 2. The predicted molar refractivity (Wildman–Crippen MR) is 130 cm³/mol. The summed E-state index contributed by atoms with van der Waals surface area (Å²) in [6.07, 6.45) is 5.20. The van der Waals surface area contributed by atoms with Crippen molar-refractivity contribution in [1.82, 2.24) is 10.3 Å². The lowest BCUT2D eigenvalue weighted by atomic mass is 9.94. The molecular weight excluding hydrogens is 444 g/mol. The van der Waals surface area contributed by atoms with Gasteiger partial charge in [-0.1, -0.05) is 25.4 Å². The molecule has 0 radical (unpaired) electrons. The van der Waals surface area contributed by atoms with Crippen LogP contribution in [0.1, 0.15) is 61.6 Å². The van der Waals surface area contributed by atoms with Crippen LogP contribution in [0.5, 0.6) is 5.75 Å². The monoisotopic (exact) mass is 472 g/mol. The number of allylic oxidation sites excluding steroid dienone is 1. The number of aliphatic carboxylic acids is 1. The van der Waals surface area contributed by atoms with E-state index in [1.165, 1.54) is 32.3 Å². The Morgan fingerprint density at radius 3 is 2.61 bits per heavy atom. The van der Waals surface area contributed by atoms with Gasteiger partial charge in [-0.15, -0.1) is 0 Å². The number of nitrogens with zero attached hydrogens (tertiary/aromatic N) is 2. The van der Waals surface area contributed by atoms with Gasteiger partial charge in [-0.25, -0.2) is 4.98 Å². The molecule has 8 nitrogen and oxygen atoms in total. The lowest BCUT2D eigenvalue weighted by Crippen LogP contribution is -2.39. The van der Waals surface area contributed by atoms with Crippen LogP contribution in [-0.2, 0) is 4.79 Å². The van der Waals surface area contributed by atoms with E-state index < -0.39 is 17.3 Å². The smallest absolute Gasteiger partial charge is 0.310 e. The first kappa shape index (κ1) is 25.9. The lowest BCUT2D eigenvalue weighted by molar-refractivity contribution is -0.146. The molecule has 1 unspecified atom stereocenters. The summed E-state index contributed by atoms with van der Waals surface area (Å²) in [6.45, 7) is 7.02. The normalized spacial score (nSPS) is 13.2.